The van der Waals surface area contributed by atoms with Gasteiger partial charge in [0.15, 0.2) is 0 Å². The number of hydrogen-bond donors (Lipinski definition) is 0. The van der Waals surface area contributed by atoms with Crippen LogP contribution < -0.4 is 4.69 Å². The lowest BCUT2D eigenvalue weighted by atomic mass is 10.7. The molecule has 2 nitrogen and oxygen atoms in total. The Morgan fingerprint density at radius 1 is 1.38 bits per heavy atom. The van der Waals surface area contributed by atoms with Gasteiger partial charge in [-0.3, -0.25) is 9.97 Å². The summed E-state index contributed by atoms with van der Waals surface area (Å²) in [6.07, 6.45) is 3.66. The van der Waals surface area contributed by atoms with E-state index < -0.39 is 0 Å². The van der Waals surface area contributed by atoms with Crippen LogP contribution in [-0.4, -0.2) is 26.3 Å². The van der Waals surface area contributed by atoms with Crippen LogP contribution in [-0.2, 0) is 0 Å². The molecule has 4 heteroatoms. The molecule has 0 atom stereocenters. The van der Waals surface area contributed by atoms with Gasteiger partial charge in [-0.05, 0) is 22.6 Å². The molecule has 0 fully saturated rings. The van der Waals surface area contributed by atoms with Gasteiger partial charge in [-0.15, -0.1) is 0 Å². The Morgan fingerprint density at radius 2 is 1.88 bits per heavy atom. The Balaban J connectivity index is 3.03. The van der Waals surface area contributed by atoms with Gasteiger partial charge in [-0.25, -0.2) is 0 Å². The Hall–Kier alpha value is 0.342. The molecule has 0 aliphatic heterocycles. The first-order valence-corrected chi connectivity index (χ1v) is 4.31. The smallest absolute Gasteiger partial charge is 0.261 e. The lowest BCUT2D eigenvalue weighted by Gasteiger charge is -1.87. The summed E-state index contributed by atoms with van der Waals surface area (Å²) in [4.78, 5) is 8.04. The molecule has 0 amide bonds. The third-order valence-corrected chi connectivity index (χ3v) is 1.82. The predicted molar refractivity (Wildman–Crippen MR) is 42.9 cm³/mol. The van der Waals surface area contributed by atoms with Crippen LogP contribution >= 0.6 is 22.6 Å². The van der Waals surface area contributed by atoms with Crippen LogP contribution in [0.2, 0.25) is 0 Å². The van der Waals surface area contributed by atoms with Gasteiger partial charge < -0.3 is 0 Å². The number of aromatic nitrogens is 2. The van der Waals surface area contributed by atoms with Gasteiger partial charge in [0.25, 0.3) is 0 Å². The zero-order valence-electron chi connectivity index (χ0n) is 4.43. The lowest BCUT2D eigenvalue weighted by Crippen LogP contribution is -2.11. The van der Waals surface area contributed by atoms with Crippen molar-refractivity contribution in [3.05, 3.63) is 16.0 Å². The van der Waals surface area contributed by atoms with E-state index in [0.717, 1.165) is 24.5 Å². The maximum Gasteiger partial charge on any atom is 0.321 e. The molecular weight excluding hydrogens is 230 g/mol. The van der Waals surface area contributed by atoms with E-state index in [1.807, 2.05) is 12.4 Å². The third kappa shape index (κ3) is 1.69. The molecule has 8 heavy (non-hydrogen) atoms. The highest BCUT2D eigenvalue weighted by molar-refractivity contribution is 14.1. The highest BCUT2D eigenvalue weighted by Gasteiger charge is 1.84. The minimum Gasteiger partial charge on any atom is -0.261 e. The summed E-state index contributed by atoms with van der Waals surface area (Å²) in [7, 11) is 0. The first kappa shape index (κ1) is 6.46. The van der Waals surface area contributed by atoms with Crippen LogP contribution in [0, 0.1) is 3.57 Å². The number of nitrogens with zero attached hydrogens (tertiary/aromatic N) is 2. The van der Waals surface area contributed by atoms with Crippen molar-refractivity contribution in [2.75, 3.05) is 0 Å². The van der Waals surface area contributed by atoms with Crippen molar-refractivity contribution >= 4 is 43.6 Å². The molecule has 1 aromatic heterocycles. The molecule has 1 rings (SSSR count). The molecule has 0 spiro atoms. The Labute approximate surface area is 69.3 Å². The quantitative estimate of drug-likeness (QED) is 0.440. The van der Waals surface area contributed by atoms with Crippen molar-refractivity contribution in [1.29, 1.82) is 0 Å². The topological polar surface area (TPSA) is 25.8 Å². The SMILES string of the molecule is [AlH2][c]1ncc(I)cn1. The molecule has 0 radical (unpaired) electrons. The van der Waals surface area contributed by atoms with Crippen molar-refractivity contribution in [2.24, 2.45) is 0 Å². The second kappa shape index (κ2) is 2.76. The Bertz CT molecular complexity index is 153. The lowest BCUT2D eigenvalue weighted by molar-refractivity contribution is 1.22. The van der Waals surface area contributed by atoms with Crippen LogP contribution in [0.4, 0.5) is 0 Å². The Kier molecular flexibility index (Phi) is 2.23. The van der Waals surface area contributed by atoms with Gasteiger partial charge >= 0.3 is 16.3 Å². The van der Waals surface area contributed by atoms with E-state index in [-0.39, 0.29) is 0 Å². The van der Waals surface area contributed by atoms with Gasteiger partial charge in [0.2, 0.25) is 0 Å². The molecule has 40 valence electrons. The largest absolute Gasteiger partial charge is 0.321 e. The molecule has 1 heterocycles. The molecule has 0 aliphatic carbocycles. The van der Waals surface area contributed by atoms with E-state index in [1.165, 1.54) is 0 Å². The summed E-state index contributed by atoms with van der Waals surface area (Å²) in [5.41, 5.74) is 0. The van der Waals surface area contributed by atoms with Gasteiger partial charge in [0.05, 0.1) is 0 Å². The molecule has 0 aromatic carbocycles. The highest BCUT2D eigenvalue weighted by atomic mass is 127. The van der Waals surface area contributed by atoms with E-state index in [1.54, 1.807) is 0 Å². The van der Waals surface area contributed by atoms with Crippen LogP contribution in [0.25, 0.3) is 0 Å². The first-order valence-electron chi connectivity index (χ1n) is 2.23. The van der Waals surface area contributed by atoms with E-state index in [4.69, 9.17) is 0 Å². The van der Waals surface area contributed by atoms with Crippen molar-refractivity contribution in [2.45, 2.75) is 0 Å². The predicted octanol–water partition coefficient (Wildman–Crippen LogP) is -0.660. The number of rotatable bonds is 0. The molecule has 0 N–H and O–H groups in total. The summed E-state index contributed by atoms with van der Waals surface area (Å²) in [5.74, 6) is 0. The highest BCUT2D eigenvalue weighted by Crippen LogP contribution is 1.94. The third-order valence-electron chi connectivity index (χ3n) is 0.749. The molecule has 0 bridgehead atoms. The standard InChI is InChI=1S/C4H2IN2.Al.2H/c5-4-1-6-3-7-2-4;;;/h1-2H;;;. The van der Waals surface area contributed by atoms with Crippen LogP contribution in [0.3, 0.4) is 0 Å². The second-order valence-electron chi connectivity index (χ2n) is 1.45. The number of hydrogen-bond acceptors (Lipinski definition) is 2. The fourth-order valence-electron chi connectivity index (χ4n) is 0.377. The maximum atomic E-state index is 4.02. The van der Waals surface area contributed by atoms with E-state index >= 15 is 0 Å². The summed E-state index contributed by atoms with van der Waals surface area (Å²) in [6.45, 7) is 0. The number of halogens is 1. The minimum atomic E-state index is 0.946. The van der Waals surface area contributed by atoms with Gasteiger partial charge in [-0.2, -0.15) is 0 Å². The van der Waals surface area contributed by atoms with E-state index in [9.17, 15) is 0 Å². The van der Waals surface area contributed by atoms with Gasteiger partial charge in [0, 0.05) is 20.7 Å². The van der Waals surface area contributed by atoms with Crippen molar-refractivity contribution < 1.29 is 0 Å². The average Bonchev–Trinajstić information content (AvgIpc) is 1.77. The fraction of sp³-hybridized carbons (Fsp3) is 0. The monoisotopic (exact) mass is 234 g/mol. The van der Waals surface area contributed by atoms with Gasteiger partial charge in [-0.1, -0.05) is 0 Å². The van der Waals surface area contributed by atoms with Crippen LogP contribution in [0.5, 0.6) is 0 Å². The van der Waals surface area contributed by atoms with Crippen LogP contribution in [0.1, 0.15) is 0 Å². The van der Waals surface area contributed by atoms with Crippen molar-refractivity contribution in [1.82, 2.24) is 9.97 Å². The molecule has 0 saturated heterocycles. The summed E-state index contributed by atoms with van der Waals surface area (Å²) in [5, 5.41) is 0. The van der Waals surface area contributed by atoms with Crippen LogP contribution in [0.15, 0.2) is 12.4 Å². The molecule has 1 aromatic rings. The summed E-state index contributed by atoms with van der Waals surface area (Å²) < 4.78 is 2.06. The fourth-order valence-corrected chi connectivity index (χ4v) is 0.914. The normalized spacial score (nSPS) is 9.12. The first-order chi connectivity index (χ1) is 3.79. The minimum absolute atomic E-state index is 0.946. The maximum absolute atomic E-state index is 4.02. The Morgan fingerprint density at radius 3 is 2.25 bits per heavy atom. The zero-order valence-corrected chi connectivity index (χ0v) is 8.58. The second-order valence-corrected chi connectivity index (χ2v) is 3.59. The van der Waals surface area contributed by atoms with E-state index in [2.05, 4.69) is 32.6 Å². The summed E-state index contributed by atoms with van der Waals surface area (Å²) in [6, 6.07) is 0. The molecule has 0 unspecified atom stereocenters. The van der Waals surface area contributed by atoms with Crippen molar-refractivity contribution in [3.8, 4) is 0 Å². The van der Waals surface area contributed by atoms with Gasteiger partial charge in [0.1, 0.15) is 0 Å². The zero-order chi connectivity index (χ0) is 5.98. The molecule has 0 saturated carbocycles. The summed E-state index contributed by atoms with van der Waals surface area (Å²) >= 11 is 3.13. The van der Waals surface area contributed by atoms with E-state index in [0.29, 0.717) is 0 Å². The molecular formula is C4H4AlIN2. The average molecular weight is 234 g/mol. The van der Waals surface area contributed by atoms with Crippen molar-refractivity contribution in [3.63, 3.8) is 0 Å². The molecule has 0 aliphatic rings.